The van der Waals surface area contributed by atoms with Gasteiger partial charge in [-0.3, -0.25) is 4.79 Å². The minimum atomic E-state index is -3.66. The van der Waals surface area contributed by atoms with Crippen LogP contribution in [0.25, 0.3) is 11.5 Å². The summed E-state index contributed by atoms with van der Waals surface area (Å²) in [7, 11) is -2.10. The molecule has 1 aromatic heterocycles. The van der Waals surface area contributed by atoms with Gasteiger partial charge in [0.25, 0.3) is 0 Å². The molecule has 1 unspecified atom stereocenters. The number of ether oxygens (including phenoxy) is 1. The van der Waals surface area contributed by atoms with E-state index in [0.717, 1.165) is 5.56 Å². The van der Waals surface area contributed by atoms with Gasteiger partial charge in [-0.05, 0) is 36.6 Å². The van der Waals surface area contributed by atoms with E-state index in [1.54, 1.807) is 38.3 Å². The van der Waals surface area contributed by atoms with Gasteiger partial charge in [-0.2, -0.15) is 0 Å². The molecule has 0 saturated carbocycles. The van der Waals surface area contributed by atoms with E-state index in [1.807, 2.05) is 37.3 Å². The van der Waals surface area contributed by atoms with Crippen molar-refractivity contribution >= 4 is 15.6 Å². The van der Waals surface area contributed by atoms with Crippen LogP contribution in [0, 0.1) is 6.92 Å². The Balaban J connectivity index is 1.68. The maximum Gasteiger partial charge on any atom is 0.226 e. The lowest BCUT2D eigenvalue weighted by Gasteiger charge is -2.11. The third-order valence-corrected chi connectivity index (χ3v) is 6.32. The zero-order valence-corrected chi connectivity index (χ0v) is 18.1. The molecule has 3 aromatic rings. The SMILES string of the molecule is COc1cccc(-c2nc(CS(=O)(=O)CC(=O)CC(C)c3ccccc3)c(C)o2)c1. The zero-order valence-electron chi connectivity index (χ0n) is 17.3. The molecule has 30 heavy (non-hydrogen) atoms. The van der Waals surface area contributed by atoms with Gasteiger partial charge in [0, 0.05) is 12.0 Å². The molecule has 0 N–H and O–H groups in total. The average molecular weight is 428 g/mol. The van der Waals surface area contributed by atoms with E-state index in [4.69, 9.17) is 9.15 Å². The Hall–Kier alpha value is -2.93. The molecule has 2 aromatic carbocycles. The molecule has 0 fully saturated rings. The molecule has 0 radical (unpaired) electrons. The number of aryl methyl sites for hydroxylation is 1. The van der Waals surface area contributed by atoms with E-state index in [0.29, 0.717) is 28.7 Å². The first-order valence-corrected chi connectivity index (χ1v) is 11.5. The lowest BCUT2D eigenvalue weighted by Crippen LogP contribution is -2.19. The first-order valence-electron chi connectivity index (χ1n) is 9.65. The highest BCUT2D eigenvalue weighted by Gasteiger charge is 2.23. The van der Waals surface area contributed by atoms with E-state index in [1.165, 1.54) is 0 Å². The predicted octanol–water partition coefficient (Wildman–Crippen LogP) is 4.34. The second kappa shape index (κ2) is 9.26. The minimum absolute atomic E-state index is 0.0395. The molecule has 7 heteroatoms. The van der Waals surface area contributed by atoms with Crippen molar-refractivity contribution in [2.24, 2.45) is 0 Å². The van der Waals surface area contributed by atoms with Crippen LogP contribution < -0.4 is 4.74 Å². The molecule has 0 spiro atoms. The summed E-state index contributed by atoms with van der Waals surface area (Å²) in [5, 5.41) is 0. The van der Waals surface area contributed by atoms with Crippen molar-refractivity contribution in [2.45, 2.75) is 31.9 Å². The highest BCUT2D eigenvalue weighted by atomic mass is 32.2. The highest BCUT2D eigenvalue weighted by molar-refractivity contribution is 7.91. The van der Waals surface area contributed by atoms with Crippen LogP contribution in [0.4, 0.5) is 0 Å². The lowest BCUT2D eigenvalue weighted by atomic mass is 9.96. The maximum absolute atomic E-state index is 12.6. The first kappa shape index (κ1) is 21.8. The van der Waals surface area contributed by atoms with E-state index in [9.17, 15) is 13.2 Å². The van der Waals surface area contributed by atoms with Crippen molar-refractivity contribution in [1.29, 1.82) is 0 Å². The number of carbonyl (C=O) groups excluding carboxylic acids is 1. The van der Waals surface area contributed by atoms with Gasteiger partial charge in [0.1, 0.15) is 23.0 Å². The van der Waals surface area contributed by atoms with Crippen LogP contribution >= 0.6 is 0 Å². The van der Waals surface area contributed by atoms with Crippen molar-refractivity contribution in [2.75, 3.05) is 12.9 Å². The quantitative estimate of drug-likeness (QED) is 0.505. The third kappa shape index (κ3) is 5.57. The number of rotatable bonds is 9. The van der Waals surface area contributed by atoms with Gasteiger partial charge >= 0.3 is 0 Å². The van der Waals surface area contributed by atoms with Crippen LogP contribution in [-0.2, 0) is 20.4 Å². The summed E-state index contributed by atoms with van der Waals surface area (Å²) in [6.45, 7) is 3.59. The largest absolute Gasteiger partial charge is 0.497 e. The highest BCUT2D eigenvalue weighted by Crippen LogP contribution is 2.26. The van der Waals surface area contributed by atoms with Crippen molar-refractivity contribution in [3.8, 4) is 17.2 Å². The lowest BCUT2D eigenvalue weighted by molar-refractivity contribution is -0.117. The average Bonchev–Trinajstić information content (AvgIpc) is 3.07. The second-order valence-corrected chi connectivity index (χ2v) is 9.41. The van der Waals surface area contributed by atoms with Gasteiger partial charge in [0.15, 0.2) is 9.84 Å². The van der Waals surface area contributed by atoms with Crippen LogP contribution in [0.2, 0.25) is 0 Å². The number of Topliss-reactive ketones (excluding diaryl/α,β-unsaturated/α-hetero) is 1. The van der Waals surface area contributed by atoms with E-state index in [-0.39, 0.29) is 23.9 Å². The number of aromatic nitrogens is 1. The Bertz CT molecular complexity index is 1120. The molecule has 6 nitrogen and oxygen atoms in total. The normalized spacial score (nSPS) is 12.5. The number of sulfone groups is 1. The Morgan fingerprint density at radius 1 is 1.13 bits per heavy atom. The van der Waals surface area contributed by atoms with Crippen LogP contribution in [0.1, 0.15) is 36.3 Å². The van der Waals surface area contributed by atoms with Gasteiger partial charge in [-0.25, -0.2) is 13.4 Å². The number of benzene rings is 2. The fourth-order valence-electron chi connectivity index (χ4n) is 3.25. The van der Waals surface area contributed by atoms with E-state index >= 15 is 0 Å². The van der Waals surface area contributed by atoms with E-state index in [2.05, 4.69) is 4.98 Å². The van der Waals surface area contributed by atoms with Crippen LogP contribution in [0.15, 0.2) is 59.0 Å². The van der Waals surface area contributed by atoms with E-state index < -0.39 is 15.6 Å². The van der Waals surface area contributed by atoms with Gasteiger partial charge in [0.05, 0.1) is 18.6 Å². The molecule has 1 heterocycles. The Morgan fingerprint density at radius 2 is 1.87 bits per heavy atom. The standard InChI is InChI=1S/C23H25NO5S/c1-16(18-8-5-4-6-9-18)12-20(25)14-30(26,27)15-22-17(2)29-23(24-22)19-10-7-11-21(13-19)28-3/h4-11,13,16H,12,14-15H2,1-3H3. The Morgan fingerprint density at radius 3 is 2.57 bits per heavy atom. The van der Waals surface area contributed by atoms with Crippen LogP contribution in [-0.4, -0.2) is 32.0 Å². The molecule has 3 rings (SSSR count). The topological polar surface area (TPSA) is 86.5 Å². The summed E-state index contributed by atoms with van der Waals surface area (Å²) in [5.41, 5.74) is 2.02. The molecule has 158 valence electrons. The van der Waals surface area contributed by atoms with Crippen LogP contribution in [0.3, 0.4) is 0 Å². The summed E-state index contributed by atoms with van der Waals surface area (Å²) < 4.78 is 36.1. The molecular weight excluding hydrogens is 402 g/mol. The number of methoxy groups -OCH3 is 1. The van der Waals surface area contributed by atoms with Gasteiger partial charge in [-0.15, -0.1) is 0 Å². The number of hydrogen-bond acceptors (Lipinski definition) is 6. The number of carbonyl (C=O) groups is 1. The zero-order chi connectivity index (χ0) is 21.7. The predicted molar refractivity (Wildman–Crippen MR) is 115 cm³/mol. The smallest absolute Gasteiger partial charge is 0.226 e. The molecular formula is C23H25NO5S. The second-order valence-electron chi connectivity index (χ2n) is 7.34. The summed E-state index contributed by atoms with van der Waals surface area (Å²) in [4.78, 5) is 16.7. The monoisotopic (exact) mass is 427 g/mol. The van der Waals surface area contributed by atoms with Gasteiger partial charge in [-0.1, -0.05) is 43.3 Å². The Labute approximate surface area is 176 Å². The Kier molecular flexibility index (Phi) is 6.72. The number of nitrogens with zero attached hydrogens (tertiary/aromatic N) is 1. The molecule has 0 aliphatic carbocycles. The minimum Gasteiger partial charge on any atom is -0.497 e. The molecule has 0 bridgehead atoms. The van der Waals surface area contributed by atoms with Crippen molar-refractivity contribution in [1.82, 2.24) is 4.98 Å². The summed E-state index contributed by atoms with van der Waals surface area (Å²) in [6.07, 6.45) is 0.177. The fraction of sp³-hybridized carbons (Fsp3) is 0.304. The van der Waals surface area contributed by atoms with Gasteiger partial charge in [0.2, 0.25) is 5.89 Å². The molecule has 0 saturated heterocycles. The molecule has 1 atom stereocenters. The van der Waals surface area contributed by atoms with Gasteiger partial charge < -0.3 is 9.15 Å². The molecule has 0 aliphatic heterocycles. The number of ketones is 1. The third-order valence-electron chi connectivity index (χ3n) is 4.85. The fourth-order valence-corrected chi connectivity index (χ4v) is 4.64. The maximum atomic E-state index is 12.6. The first-order chi connectivity index (χ1) is 14.3. The molecule has 0 aliphatic rings. The van der Waals surface area contributed by atoms with Crippen molar-refractivity contribution < 1.29 is 22.4 Å². The number of hydrogen-bond donors (Lipinski definition) is 0. The van der Waals surface area contributed by atoms with Crippen molar-refractivity contribution in [3.63, 3.8) is 0 Å². The molecule has 0 amide bonds. The van der Waals surface area contributed by atoms with Crippen LogP contribution in [0.5, 0.6) is 5.75 Å². The summed E-state index contributed by atoms with van der Waals surface area (Å²) in [5.74, 6) is 0.198. The summed E-state index contributed by atoms with van der Waals surface area (Å²) in [6, 6.07) is 16.8. The summed E-state index contributed by atoms with van der Waals surface area (Å²) >= 11 is 0. The number of oxazole rings is 1. The van der Waals surface area contributed by atoms with Crippen molar-refractivity contribution in [3.05, 3.63) is 71.6 Å².